The molecule has 0 aliphatic rings. The zero-order valence-electron chi connectivity index (χ0n) is 12.1. The van der Waals surface area contributed by atoms with Crippen LogP contribution in [0.3, 0.4) is 0 Å². The molecule has 1 aromatic carbocycles. The Kier molecular flexibility index (Phi) is 4.70. The molecule has 3 N–H and O–H groups in total. The highest BCUT2D eigenvalue weighted by atomic mass is 16.1. The van der Waals surface area contributed by atoms with Crippen molar-refractivity contribution in [2.24, 2.45) is 5.73 Å². The Hall–Kier alpha value is -2.64. The second-order valence-electron chi connectivity index (χ2n) is 4.74. The van der Waals surface area contributed by atoms with Gasteiger partial charge in [-0.05, 0) is 44.0 Å². The highest BCUT2D eigenvalue weighted by molar-refractivity contribution is 6.04. The van der Waals surface area contributed by atoms with Crippen molar-refractivity contribution in [1.82, 2.24) is 4.98 Å². The van der Waals surface area contributed by atoms with Gasteiger partial charge in [-0.1, -0.05) is 29.2 Å². The Balaban J connectivity index is 2.19. The molecule has 2 rings (SSSR count). The van der Waals surface area contributed by atoms with E-state index in [-0.39, 0.29) is 12.5 Å². The van der Waals surface area contributed by atoms with E-state index in [9.17, 15) is 4.79 Å². The normalized spacial score (nSPS) is 9.67. The summed E-state index contributed by atoms with van der Waals surface area (Å²) in [6.45, 7) is 4.21. The Morgan fingerprint density at radius 2 is 1.95 bits per heavy atom. The molecule has 106 valence electrons. The smallest absolute Gasteiger partial charge is 0.256 e. The molecule has 4 heteroatoms. The van der Waals surface area contributed by atoms with Gasteiger partial charge in [0.2, 0.25) is 0 Å². The molecule has 0 bridgehead atoms. The van der Waals surface area contributed by atoms with Crippen LogP contribution in [0.25, 0.3) is 0 Å². The van der Waals surface area contributed by atoms with Crippen molar-refractivity contribution in [1.29, 1.82) is 0 Å². The van der Waals surface area contributed by atoms with Crippen LogP contribution >= 0.6 is 0 Å². The Morgan fingerprint density at radius 3 is 2.62 bits per heavy atom. The molecule has 1 aromatic heterocycles. The number of rotatable bonds is 2. The average Bonchev–Trinajstić information content (AvgIpc) is 2.44. The van der Waals surface area contributed by atoms with Gasteiger partial charge in [0.25, 0.3) is 5.91 Å². The lowest BCUT2D eigenvalue weighted by Gasteiger charge is -2.06. The third-order valence-electron chi connectivity index (χ3n) is 2.79. The van der Waals surface area contributed by atoms with Gasteiger partial charge in [0, 0.05) is 5.56 Å². The first-order valence-corrected chi connectivity index (χ1v) is 6.64. The SMILES string of the molecule is Cc1cc(C)cc(C(=O)Nc2cccc(C#CCN)n2)c1. The van der Waals surface area contributed by atoms with Gasteiger partial charge in [-0.2, -0.15) is 0 Å². The molecule has 21 heavy (non-hydrogen) atoms. The summed E-state index contributed by atoms with van der Waals surface area (Å²) in [7, 11) is 0. The molecule has 0 fully saturated rings. The Bertz CT molecular complexity index is 706. The van der Waals surface area contributed by atoms with Crippen molar-refractivity contribution in [3.63, 3.8) is 0 Å². The molecular weight excluding hydrogens is 262 g/mol. The molecule has 1 amide bonds. The van der Waals surface area contributed by atoms with E-state index in [1.807, 2.05) is 32.0 Å². The third-order valence-corrected chi connectivity index (χ3v) is 2.79. The van der Waals surface area contributed by atoms with Gasteiger partial charge >= 0.3 is 0 Å². The second kappa shape index (κ2) is 6.69. The van der Waals surface area contributed by atoms with Gasteiger partial charge in [0.05, 0.1) is 6.54 Å². The van der Waals surface area contributed by atoms with E-state index in [0.717, 1.165) is 11.1 Å². The van der Waals surface area contributed by atoms with Crippen LogP contribution in [-0.4, -0.2) is 17.4 Å². The van der Waals surface area contributed by atoms with Crippen molar-refractivity contribution < 1.29 is 4.79 Å². The zero-order valence-corrected chi connectivity index (χ0v) is 12.1. The summed E-state index contributed by atoms with van der Waals surface area (Å²) in [5.74, 6) is 5.87. The molecule has 0 aliphatic carbocycles. The van der Waals surface area contributed by atoms with Crippen LogP contribution in [0.2, 0.25) is 0 Å². The summed E-state index contributed by atoms with van der Waals surface area (Å²) in [5, 5.41) is 2.78. The molecule has 0 aliphatic heterocycles. The number of amides is 1. The monoisotopic (exact) mass is 279 g/mol. The molecule has 2 aromatic rings. The fourth-order valence-electron chi connectivity index (χ4n) is 2.01. The van der Waals surface area contributed by atoms with Gasteiger partial charge in [0.1, 0.15) is 11.5 Å². The molecular formula is C17H17N3O. The van der Waals surface area contributed by atoms with E-state index in [1.54, 1.807) is 18.2 Å². The van der Waals surface area contributed by atoms with Crippen LogP contribution in [0, 0.1) is 25.7 Å². The summed E-state index contributed by atoms with van der Waals surface area (Å²) in [6.07, 6.45) is 0. The number of nitrogens with one attached hydrogen (secondary N) is 1. The number of hydrogen-bond acceptors (Lipinski definition) is 3. The Morgan fingerprint density at radius 1 is 1.24 bits per heavy atom. The lowest BCUT2D eigenvalue weighted by Crippen LogP contribution is -2.13. The summed E-state index contributed by atoms with van der Waals surface area (Å²) >= 11 is 0. The molecule has 0 saturated carbocycles. The van der Waals surface area contributed by atoms with Crippen molar-refractivity contribution in [3.05, 3.63) is 58.8 Å². The van der Waals surface area contributed by atoms with Crippen molar-refractivity contribution in [2.45, 2.75) is 13.8 Å². The maximum atomic E-state index is 12.2. The second-order valence-corrected chi connectivity index (χ2v) is 4.74. The van der Waals surface area contributed by atoms with Crippen LogP contribution in [0.5, 0.6) is 0 Å². The summed E-state index contributed by atoms with van der Waals surface area (Å²) in [4.78, 5) is 16.5. The number of anilines is 1. The van der Waals surface area contributed by atoms with Gasteiger partial charge in [-0.15, -0.1) is 0 Å². The molecule has 0 unspecified atom stereocenters. The molecule has 0 radical (unpaired) electrons. The first-order valence-electron chi connectivity index (χ1n) is 6.64. The fourth-order valence-corrected chi connectivity index (χ4v) is 2.01. The molecule has 0 spiro atoms. The van der Waals surface area contributed by atoms with Gasteiger partial charge in [0.15, 0.2) is 0 Å². The number of carbonyl (C=O) groups is 1. The van der Waals surface area contributed by atoms with Crippen molar-refractivity contribution in [3.8, 4) is 11.8 Å². The standard InChI is InChI=1S/C17H17N3O/c1-12-9-13(2)11-14(10-12)17(21)20-16-7-3-5-15(19-16)6-4-8-18/h3,5,7,9-11H,8,18H2,1-2H3,(H,19,20,21). The van der Waals surface area contributed by atoms with Crippen LogP contribution < -0.4 is 11.1 Å². The summed E-state index contributed by atoms with van der Waals surface area (Å²) in [5.41, 5.74) is 8.63. The first kappa shape index (κ1) is 14.8. The van der Waals surface area contributed by atoms with Crippen LogP contribution in [-0.2, 0) is 0 Å². The minimum atomic E-state index is -0.182. The van der Waals surface area contributed by atoms with Gasteiger partial charge in [-0.25, -0.2) is 4.98 Å². The van der Waals surface area contributed by atoms with E-state index in [0.29, 0.717) is 17.1 Å². The quantitative estimate of drug-likeness (QED) is 0.829. The van der Waals surface area contributed by atoms with E-state index in [2.05, 4.69) is 22.1 Å². The topological polar surface area (TPSA) is 68.0 Å². The lowest BCUT2D eigenvalue weighted by atomic mass is 10.1. The fraction of sp³-hybridized carbons (Fsp3) is 0.176. The highest BCUT2D eigenvalue weighted by Gasteiger charge is 2.08. The molecule has 0 saturated heterocycles. The van der Waals surface area contributed by atoms with E-state index in [4.69, 9.17) is 5.73 Å². The first-order chi connectivity index (χ1) is 10.1. The average molecular weight is 279 g/mol. The third kappa shape index (κ3) is 4.16. The lowest BCUT2D eigenvalue weighted by molar-refractivity contribution is 0.102. The molecule has 1 heterocycles. The predicted octanol–water partition coefficient (Wildman–Crippen LogP) is 2.26. The van der Waals surface area contributed by atoms with E-state index < -0.39 is 0 Å². The maximum Gasteiger partial charge on any atom is 0.256 e. The minimum absolute atomic E-state index is 0.182. The number of benzene rings is 1. The molecule has 0 atom stereocenters. The van der Waals surface area contributed by atoms with Crippen LogP contribution in [0.4, 0.5) is 5.82 Å². The minimum Gasteiger partial charge on any atom is -0.320 e. The van der Waals surface area contributed by atoms with Crippen molar-refractivity contribution >= 4 is 11.7 Å². The largest absolute Gasteiger partial charge is 0.320 e. The van der Waals surface area contributed by atoms with E-state index in [1.165, 1.54) is 0 Å². The summed E-state index contributed by atoms with van der Waals surface area (Å²) in [6, 6.07) is 11.0. The van der Waals surface area contributed by atoms with E-state index >= 15 is 0 Å². The van der Waals surface area contributed by atoms with Gasteiger partial charge < -0.3 is 11.1 Å². The van der Waals surface area contributed by atoms with Crippen LogP contribution in [0.15, 0.2) is 36.4 Å². The van der Waals surface area contributed by atoms with Gasteiger partial charge in [-0.3, -0.25) is 4.79 Å². The van der Waals surface area contributed by atoms with Crippen molar-refractivity contribution in [2.75, 3.05) is 11.9 Å². The Labute approximate surface area is 124 Å². The number of nitrogens with two attached hydrogens (primary N) is 1. The zero-order chi connectivity index (χ0) is 15.2. The number of pyridine rings is 1. The highest BCUT2D eigenvalue weighted by Crippen LogP contribution is 2.11. The number of nitrogens with zero attached hydrogens (tertiary/aromatic N) is 1. The maximum absolute atomic E-state index is 12.2. The number of hydrogen-bond donors (Lipinski definition) is 2. The number of aromatic nitrogens is 1. The number of aryl methyl sites for hydroxylation is 2. The molecule has 4 nitrogen and oxygen atoms in total. The van der Waals surface area contributed by atoms with Crippen LogP contribution in [0.1, 0.15) is 27.2 Å². The predicted molar refractivity (Wildman–Crippen MR) is 84.0 cm³/mol. The summed E-state index contributed by atoms with van der Waals surface area (Å²) < 4.78 is 0. The number of carbonyl (C=O) groups excluding carboxylic acids is 1.